The Morgan fingerprint density at radius 1 is 0.325 bits per heavy atom. The standard InChI is InChI=1S/C33H68O7/c1-4-6-7-8-9-10-11-12-13-14-15-16-17-18-19-34-20-21-35-22-23-36-24-25-37-26-27-38-28-29-39-30-31-40-32-33(3)5-2/h33H,4-32H2,1-3H3. The average Bonchev–Trinajstić information content (AvgIpc) is 2.97. The summed E-state index contributed by atoms with van der Waals surface area (Å²) in [5.74, 6) is 0.612. The van der Waals surface area contributed by atoms with Crippen LogP contribution in [0.5, 0.6) is 0 Å². The van der Waals surface area contributed by atoms with Gasteiger partial charge in [0.05, 0.1) is 79.3 Å². The second kappa shape index (κ2) is 36.7. The van der Waals surface area contributed by atoms with Gasteiger partial charge in [0.25, 0.3) is 0 Å². The Kier molecular flexibility index (Phi) is 36.5. The van der Waals surface area contributed by atoms with Gasteiger partial charge in [-0.1, -0.05) is 111 Å². The Morgan fingerprint density at radius 3 is 0.925 bits per heavy atom. The molecule has 0 rings (SSSR count). The number of unbranched alkanes of at least 4 members (excludes halogenated alkanes) is 13. The molecule has 0 radical (unpaired) electrons. The lowest BCUT2D eigenvalue weighted by atomic mass is 10.0. The summed E-state index contributed by atoms with van der Waals surface area (Å²) in [5.41, 5.74) is 0. The molecule has 40 heavy (non-hydrogen) atoms. The fraction of sp³-hybridized carbons (Fsp3) is 1.00. The van der Waals surface area contributed by atoms with Crippen molar-refractivity contribution < 1.29 is 33.2 Å². The quantitative estimate of drug-likeness (QED) is 0.0711. The van der Waals surface area contributed by atoms with Gasteiger partial charge in [-0.25, -0.2) is 0 Å². The van der Waals surface area contributed by atoms with Crippen molar-refractivity contribution in [3.63, 3.8) is 0 Å². The number of ether oxygens (including phenoxy) is 7. The first-order valence-corrected chi connectivity index (χ1v) is 16.8. The highest BCUT2D eigenvalue weighted by molar-refractivity contribution is 4.49. The van der Waals surface area contributed by atoms with Crippen molar-refractivity contribution in [3.05, 3.63) is 0 Å². The lowest BCUT2D eigenvalue weighted by molar-refractivity contribution is -0.0215. The van der Waals surface area contributed by atoms with E-state index in [1.165, 1.54) is 83.5 Å². The minimum absolute atomic E-state index is 0.564. The molecule has 0 spiro atoms. The molecule has 0 bridgehead atoms. The first kappa shape index (κ1) is 39.7. The Balaban J connectivity index is 3.03. The van der Waals surface area contributed by atoms with E-state index in [9.17, 15) is 0 Å². The lowest BCUT2D eigenvalue weighted by Crippen LogP contribution is -2.15. The van der Waals surface area contributed by atoms with Gasteiger partial charge in [0.1, 0.15) is 0 Å². The SMILES string of the molecule is CCCCCCCCCCCCCCCCOCCOCCOCCOCCOCCOCCOCC(C)CC. The maximum atomic E-state index is 5.67. The van der Waals surface area contributed by atoms with Crippen LogP contribution in [0.1, 0.15) is 117 Å². The highest BCUT2D eigenvalue weighted by atomic mass is 16.6. The van der Waals surface area contributed by atoms with Gasteiger partial charge >= 0.3 is 0 Å². The first-order valence-electron chi connectivity index (χ1n) is 16.8. The van der Waals surface area contributed by atoms with Crippen LogP contribution in [0.3, 0.4) is 0 Å². The Hall–Kier alpha value is -0.280. The zero-order chi connectivity index (χ0) is 29.0. The third kappa shape index (κ3) is 35.7. The normalized spacial score (nSPS) is 12.4. The average molecular weight is 577 g/mol. The molecule has 0 amide bonds. The monoisotopic (exact) mass is 576 g/mol. The van der Waals surface area contributed by atoms with Crippen molar-refractivity contribution in [3.8, 4) is 0 Å². The van der Waals surface area contributed by atoms with Crippen LogP contribution in [0.25, 0.3) is 0 Å². The molecule has 0 aromatic rings. The highest BCUT2D eigenvalue weighted by Crippen LogP contribution is 2.13. The number of hydrogen-bond acceptors (Lipinski definition) is 7. The maximum Gasteiger partial charge on any atom is 0.0701 e. The van der Waals surface area contributed by atoms with Gasteiger partial charge < -0.3 is 33.2 Å². The third-order valence-corrected chi connectivity index (χ3v) is 6.97. The van der Waals surface area contributed by atoms with E-state index in [2.05, 4.69) is 20.8 Å². The molecule has 0 heterocycles. The molecule has 242 valence electrons. The van der Waals surface area contributed by atoms with Crippen molar-refractivity contribution in [2.45, 2.75) is 117 Å². The smallest absolute Gasteiger partial charge is 0.0701 e. The molecular formula is C33H68O7. The summed E-state index contributed by atoms with van der Waals surface area (Å²) >= 11 is 0. The Morgan fingerprint density at radius 2 is 0.600 bits per heavy atom. The predicted molar refractivity (Wildman–Crippen MR) is 165 cm³/mol. The van der Waals surface area contributed by atoms with Crippen LogP contribution in [0, 0.1) is 5.92 Å². The minimum atomic E-state index is 0.564. The molecule has 0 fully saturated rings. The van der Waals surface area contributed by atoms with Gasteiger partial charge in [-0.2, -0.15) is 0 Å². The summed E-state index contributed by atoms with van der Waals surface area (Å²) in [6.45, 7) is 15.5. The lowest BCUT2D eigenvalue weighted by Gasteiger charge is -2.10. The first-order chi connectivity index (χ1) is 19.8. The van der Waals surface area contributed by atoms with Crippen molar-refractivity contribution >= 4 is 0 Å². The summed E-state index contributed by atoms with van der Waals surface area (Å²) in [4.78, 5) is 0. The Bertz CT molecular complexity index is 439. The zero-order valence-electron chi connectivity index (χ0n) is 26.9. The molecule has 0 saturated heterocycles. The molecule has 1 atom stereocenters. The largest absolute Gasteiger partial charge is 0.379 e. The van der Waals surface area contributed by atoms with Gasteiger partial charge in [0, 0.05) is 13.2 Å². The summed E-state index contributed by atoms with van der Waals surface area (Å²) in [5, 5.41) is 0. The van der Waals surface area contributed by atoms with E-state index in [-0.39, 0.29) is 0 Å². The maximum absolute atomic E-state index is 5.67. The highest BCUT2D eigenvalue weighted by Gasteiger charge is 1.99. The zero-order valence-corrected chi connectivity index (χ0v) is 26.9. The van der Waals surface area contributed by atoms with Crippen LogP contribution in [0.2, 0.25) is 0 Å². The molecule has 0 N–H and O–H groups in total. The van der Waals surface area contributed by atoms with Crippen molar-refractivity contribution in [1.29, 1.82) is 0 Å². The van der Waals surface area contributed by atoms with Gasteiger partial charge in [-0.15, -0.1) is 0 Å². The van der Waals surface area contributed by atoms with Crippen LogP contribution < -0.4 is 0 Å². The van der Waals surface area contributed by atoms with Crippen molar-refractivity contribution in [2.24, 2.45) is 5.92 Å². The summed E-state index contributed by atoms with van der Waals surface area (Å²) in [7, 11) is 0. The van der Waals surface area contributed by atoms with Gasteiger partial charge in [-0.05, 0) is 12.3 Å². The second-order valence-electron chi connectivity index (χ2n) is 10.9. The van der Waals surface area contributed by atoms with E-state index in [0.717, 1.165) is 26.1 Å². The molecule has 7 heteroatoms. The van der Waals surface area contributed by atoms with E-state index >= 15 is 0 Å². The van der Waals surface area contributed by atoms with E-state index in [4.69, 9.17) is 33.2 Å². The van der Waals surface area contributed by atoms with Crippen LogP contribution >= 0.6 is 0 Å². The topological polar surface area (TPSA) is 64.6 Å². The van der Waals surface area contributed by atoms with E-state index < -0.39 is 0 Å². The van der Waals surface area contributed by atoms with Crippen molar-refractivity contribution in [1.82, 2.24) is 0 Å². The van der Waals surface area contributed by atoms with E-state index in [1.807, 2.05) is 0 Å². The predicted octanol–water partition coefficient (Wildman–Crippen LogP) is 7.63. The fourth-order valence-electron chi connectivity index (χ4n) is 4.12. The second-order valence-corrected chi connectivity index (χ2v) is 10.9. The third-order valence-electron chi connectivity index (χ3n) is 6.97. The van der Waals surface area contributed by atoms with Crippen LogP contribution in [0.15, 0.2) is 0 Å². The van der Waals surface area contributed by atoms with Gasteiger partial charge in [0.2, 0.25) is 0 Å². The molecule has 0 aromatic heterocycles. The van der Waals surface area contributed by atoms with E-state index in [1.54, 1.807) is 0 Å². The van der Waals surface area contributed by atoms with Crippen LogP contribution in [-0.2, 0) is 33.2 Å². The molecule has 7 nitrogen and oxygen atoms in total. The van der Waals surface area contributed by atoms with Crippen LogP contribution in [-0.4, -0.2) is 92.5 Å². The van der Waals surface area contributed by atoms with Crippen LogP contribution in [0.4, 0.5) is 0 Å². The fourth-order valence-corrected chi connectivity index (χ4v) is 4.12. The van der Waals surface area contributed by atoms with E-state index in [0.29, 0.717) is 85.2 Å². The Labute approximate surface area is 248 Å². The molecule has 0 aliphatic carbocycles. The molecule has 0 saturated carbocycles. The van der Waals surface area contributed by atoms with Gasteiger partial charge in [0.15, 0.2) is 0 Å². The minimum Gasteiger partial charge on any atom is -0.379 e. The number of rotatable bonds is 36. The van der Waals surface area contributed by atoms with Crippen molar-refractivity contribution in [2.75, 3.05) is 92.5 Å². The summed E-state index contributed by atoms with van der Waals surface area (Å²) in [6, 6.07) is 0. The molecule has 0 aliphatic heterocycles. The number of hydrogen-bond donors (Lipinski definition) is 0. The van der Waals surface area contributed by atoms with Gasteiger partial charge in [-0.3, -0.25) is 0 Å². The molecule has 0 aromatic carbocycles. The molecule has 1 unspecified atom stereocenters. The summed E-state index contributed by atoms with van der Waals surface area (Å²) < 4.78 is 38.8. The molecular weight excluding hydrogens is 508 g/mol. The molecule has 0 aliphatic rings. The summed E-state index contributed by atoms with van der Waals surface area (Å²) in [6.07, 6.45) is 20.5.